The van der Waals surface area contributed by atoms with Gasteiger partial charge in [0.2, 0.25) is 5.91 Å². The van der Waals surface area contributed by atoms with Gasteiger partial charge in [0.25, 0.3) is 5.91 Å². The predicted molar refractivity (Wildman–Crippen MR) is 67.8 cm³/mol. The number of nitrogen functional groups attached to an aromatic ring is 1. The molecule has 1 aromatic heterocycles. The van der Waals surface area contributed by atoms with Crippen LogP contribution < -0.4 is 21.9 Å². The van der Waals surface area contributed by atoms with Crippen LogP contribution in [0.4, 0.5) is 5.82 Å². The Morgan fingerprint density at radius 3 is 2.56 bits per heavy atom. The summed E-state index contributed by atoms with van der Waals surface area (Å²) in [4.78, 5) is 26.5. The molecule has 7 heteroatoms. The molecule has 0 aliphatic heterocycles. The number of aryl methyl sites for hydroxylation is 1. The molecule has 0 aromatic carbocycles. The molecule has 1 heterocycles. The lowest BCUT2D eigenvalue weighted by Crippen LogP contribution is -2.33. The summed E-state index contributed by atoms with van der Waals surface area (Å²) >= 11 is 0. The van der Waals surface area contributed by atoms with Crippen LogP contribution in [0.15, 0.2) is 12.1 Å². The van der Waals surface area contributed by atoms with Gasteiger partial charge in [-0.15, -0.1) is 0 Å². The Bertz CT molecular complexity index is 447. The second kappa shape index (κ2) is 6.55. The van der Waals surface area contributed by atoms with Crippen molar-refractivity contribution in [2.24, 2.45) is 5.84 Å². The van der Waals surface area contributed by atoms with Crippen LogP contribution >= 0.6 is 0 Å². The van der Waals surface area contributed by atoms with Gasteiger partial charge >= 0.3 is 0 Å². The topological polar surface area (TPSA) is 109 Å². The number of nitrogens with two attached hydrogens (primary N) is 1. The van der Waals surface area contributed by atoms with Crippen LogP contribution in [-0.2, 0) is 4.79 Å². The van der Waals surface area contributed by atoms with Crippen LogP contribution in [0.1, 0.15) is 23.0 Å². The van der Waals surface area contributed by atoms with Crippen LogP contribution in [0.3, 0.4) is 0 Å². The summed E-state index contributed by atoms with van der Waals surface area (Å²) in [6.07, 6.45) is 0. The molecule has 0 saturated carbocycles. The Morgan fingerprint density at radius 2 is 1.94 bits per heavy atom. The third-order valence-electron chi connectivity index (χ3n) is 2.15. The van der Waals surface area contributed by atoms with Crippen LogP contribution in [0.5, 0.6) is 0 Å². The molecule has 0 unspecified atom stereocenters. The maximum atomic E-state index is 11.8. The highest BCUT2D eigenvalue weighted by atomic mass is 16.2. The fraction of sp³-hybridized carbons (Fsp3) is 0.364. The van der Waals surface area contributed by atoms with Gasteiger partial charge in [0.15, 0.2) is 0 Å². The third kappa shape index (κ3) is 4.38. The molecule has 1 aromatic rings. The average molecular weight is 251 g/mol. The van der Waals surface area contributed by atoms with Crippen molar-refractivity contribution >= 4 is 17.6 Å². The Hall–Kier alpha value is -2.15. The minimum atomic E-state index is -0.234. The monoisotopic (exact) mass is 251 g/mol. The number of nitrogens with one attached hydrogen (secondary N) is 3. The van der Waals surface area contributed by atoms with E-state index in [0.717, 1.165) is 0 Å². The van der Waals surface area contributed by atoms with Gasteiger partial charge in [-0.3, -0.25) is 9.59 Å². The van der Waals surface area contributed by atoms with Crippen molar-refractivity contribution in [2.75, 3.05) is 18.5 Å². The van der Waals surface area contributed by atoms with Gasteiger partial charge in [-0.25, -0.2) is 10.8 Å². The SMILES string of the molecule is CC(=O)NCCNC(=O)c1cc(C)nc(NN)c1. The van der Waals surface area contributed by atoms with Crippen molar-refractivity contribution in [1.82, 2.24) is 15.6 Å². The fourth-order valence-corrected chi connectivity index (χ4v) is 1.39. The summed E-state index contributed by atoms with van der Waals surface area (Å²) in [7, 11) is 0. The number of anilines is 1. The van der Waals surface area contributed by atoms with Crippen molar-refractivity contribution in [3.63, 3.8) is 0 Å². The van der Waals surface area contributed by atoms with Gasteiger partial charge in [-0.1, -0.05) is 0 Å². The van der Waals surface area contributed by atoms with E-state index in [4.69, 9.17) is 5.84 Å². The number of nitrogens with zero attached hydrogens (tertiary/aromatic N) is 1. The Morgan fingerprint density at radius 1 is 1.28 bits per heavy atom. The molecule has 0 aliphatic rings. The predicted octanol–water partition coefficient (Wildman–Crippen LogP) is -0.458. The van der Waals surface area contributed by atoms with Crippen LogP contribution in [-0.4, -0.2) is 29.9 Å². The lowest BCUT2D eigenvalue weighted by molar-refractivity contribution is -0.118. The van der Waals surface area contributed by atoms with E-state index >= 15 is 0 Å². The zero-order chi connectivity index (χ0) is 13.5. The molecule has 0 fully saturated rings. The first kappa shape index (κ1) is 13.9. The second-order valence-corrected chi connectivity index (χ2v) is 3.77. The normalized spacial score (nSPS) is 9.72. The van der Waals surface area contributed by atoms with Crippen molar-refractivity contribution < 1.29 is 9.59 Å². The molecule has 0 radical (unpaired) electrons. The van der Waals surface area contributed by atoms with Crippen molar-refractivity contribution in [2.45, 2.75) is 13.8 Å². The summed E-state index contributed by atoms with van der Waals surface area (Å²) < 4.78 is 0. The molecule has 2 amide bonds. The number of amides is 2. The summed E-state index contributed by atoms with van der Waals surface area (Å²) in [5.41, 5.74) is 3.56. The van der Waals surface area contributed by atoms with Crippen LogP contribution in [0.2, 0.25) is 0 Å². The highest BCUT2D eigenvalue weighted by Crippen LogP contribution is 2.08. The first-order chi connectivity index (χ1) is 8.52. The number of rotatable bonds is 5. The van der Waals surface area contributed by atoms with Gasteiger partial charge in [0.05, 0.1) is 0 Å². The molecule has 0 spiro atoms. The Kier molecular flexibility index (Phi) is 5.06. The number of carbonyl (C=O) groups is 2. The Labute approximate surface area is 105 Å². The number of pyridine rings is 1. The van der Waals surface area contributed by atoms with E-state index in [2.05, 4.69) is 21.0 Å². The maximum absolute atomic E-state index is 11.8. The fourth-order valence-electron chi connectivity index (χ4n) is 1.39. The molecule has 5 N–H and O–H groups in total. The molecule has 18 heavy (non-hydrogen) atoms. The van der Waals surface area contributed by atoms with Gasteiger partial charge < -0.3 is 16.1 Å². The van der Waals surface area contributed by atoms with E-state index in [1.54, 1.807) is 19.1 Å². The zero-order valence-corrected chi connectivity index (χ0v) is 10.4. The number of carbonyl (C=O) groups excluding carboxylic acids is 2. The first-order valence-corrected chi connectivity index (χ1v) is 5.51. The van der Waals surface area contributed by atoms with E-state index in [0.29, 0.717) is 30.2 Å². The molecule has 0 bridgehead atoms. The quantitative estimate of drug-likeness (QED) is 0.322. The lowest BCUT2D eigenvalue weighted by Gasteiger charge is -2.08. The average Bonchev–Trinajstić information content (AvgIpc) is 2.33. The van der Waals surface area contributed by atoms with E-state index in [-0.39, 0.29) is 11.8 Å². The standard InChI is InChI=1S/C11H17N5O2/c1-7-5-9(6-10(15-7)16-12)11(18)14-4-3-13-8(2)17/h5-6H,3-4,12H2,1-2H3,(H,13,17)(H,14,18)(H,15,16). The summed E-state index contributed by atoms with van der Waals surface area (Å²) in [5, 5.41) is 5.27. The second-order valence-electron chi connectivity index (χ2n) is 3.77. The van der Waals surface area contributed by atoms with Crippen molar-refractivity contribution in [1.29, 1.82) is 0 Å². The zero-order valence-electron chi connectivity index (χ0n) is 10.4. The van der Waals surface area contributed by atoms with E-state index in [1.165, 1.54) is 6.92 Å². The van der Waals surface area contributed by atoms with Gasteiger partial charge in [-0.2, -0.15) is 0 Å². The molecule has 0 aliphatic carbocycles. The van der Waals surface area contributed by atoms with Gasteiger partial charge in [0.1, 0.15) is 5.82 Å². The van der Waals surface area contributed by atoms with Crippen LogP contribution in [0, 0.1) is 6.92 Å². The lowest BCUT2D eigenvalue weighted by atomic mass is 10.2. The summed E-state index contributed by atoms with van der Waals surface area (Å²) in [6, 6.07) is 3.22. The molecular formula is C11H17N5O2. The minimum Gasteiger partial charge on any atom is -0.355 e. The van der Waals surface area contributed by atoms with E-state index in [9.17, 15) is 9.59 Å². The first-order valence-electron chi connectivity index (χ1n) is 5.51. The highest BCUT2D eigenvalue weighted by Gasteiger charge is 2.07. The molecule has 1 rings (SSSR count). The summed E-state index contributed by atoms with van der Waals surface area (Å²) in [5.74, 6) is 5.32. The summed E-state index contributed by atoms with van der Waals surface area (Å²) in [6.45, 7) is 3.96. The van der Waals surface area contributed by atoms with Crippen LogP contribution in [0.25, 0.3) is 0 Å². The Balaban J connectivity index is 2.55. The smallest absolute Gasteiger partial charge is 0.251 e. The third-order valence-corrected chi connectivity index (χ3v) is 2.15. The molecule has 7 nitrogen and oxygen atoms in total. The molecule has 0 saturated heterocycles. The number of aromatic nitrogens is 1. The molecule has 0 atom stereocenters. The van der Waals surface area contributed by atoms with Gasteiger partial charge in [0, 0.05) is 31.3 Å². The van der Waals surface area contributed by atoms with Gasteiger partial charge in [-0.05, 0) is 19.1 Å². The minimum absolute atomic E-state index is 0.126. The van der Waals surface area contributed by atoms with Crippen molar-refractivity contribution in [3.05, 3.63) is 23.4 Å². The highest BCUT2D eigenvalue weighted by molar-refractivity contribution is 5.95. The molecular weight excluding hydrogens is 234 g/mol. The molecule has 98 valence electrons. The number of hydrazine groups is 1. The number of hydrogen-bond acceptors (Lipinski definition) is 5. The van der Waals surface area contributed by atoms with E-state index < -0.39 is 0 Å². The van der Waals surface area contributed by atoms with Crippen molar-refractivity contribution in [3.8, 4) is 0 Å². The largest absolute Gasteiger partial charge is 0.355 e. The maximum Gasteiger partial charge on any atom is 0.251 e. The van der Waals surface area contributed by atoms with E-state index in [1.807, 2.05) is 0 Å². The number of hydrogen-bond donors (Lipinski definition) is 4.